The van der Waals surface area contributed by atoms with Gasteiger partial charge in [0.1, 0.15) is 0 Å². The van der Waals surface area contributed by atoms with Crippen molar-refractivity contribution in [2.45, 2.75) is 32.7 Å². The van der Waals surface area contributed by atoms with Gasteiger partial charge in [-0.25, -0.2) is 0 Å². The first-order chi connectivity index (χ1) is 7.65. The Morgan fingerprint density at radius 1 is 1.50 bits per heavy atom. The summed E-state index contributed by atoms with van der Waals surface area (Å²) in [5, 5.41) is 0. The summed E-state index contributed by atoms with van der Waals surface area (Å²) in [4.78, 5) is 6.82. The average molecular weight is 219 g/mol. The Labute approximate surface area is 97.7 Å². The molecule has 88 valence electrons. The number of hydrogen-bond acceptors (Lipinski definition) is 3. The van der Waals surface area contributed by atoms with Crippen LogP contribution in [0, 0.1) is 5.92 Å². The predicted octanol–water partition coefficient (Wildman–Crippen LogP) is 1.82. The van der Waals surface area contributed by atoms with E-state index in [9.17, 15) is 0 Å². The molecule has 0 aliphatic carbocycles. The molecule has 1 aliphatic heterocycles. The number of nitrogens with two attached hydrogens (primary N) is 1. The Balaban J connectivity index is 2.02. The van der Waals surface area contributed by atoms with E-state index < -0.39 is 0 Å². The van der Waals surface area contributed by atoms with E-state index in [-0.39, 0.29) is 0 Å². The van der Waals surface area contributed by atoms with Crippen molar-refractivity contribution in [1.29, 1.82) is 0 Å². The van der Waals surface area contributed by atoms with E-state index >= 15 is 0 Å². The number of aromatic nitrogens is 1. The van der Waals surface area contributed by atoms with Gasteiger partial charge in [0.25, 0.3) is 0 Å². The van der Waals surface area contributed by atoms with Gasteiger partial charge < -0.3 is 10.6 Å². The third-order valence-corrected chi connectivity index (χ3v) is 3.02. The SMILES string of the molecule is CC(C)Cc1ccc(N2CCC(N)C2)cn1. The van der Waals surface area contributed by atoms with Crippen LogP contribution in [0.3, 0.4) is 0 Å². The second kappa shape index (κ2) is 4.83. The van der Waals surface area contributed by atoms with E-state index in [1.807, 2.05) is 6.20 Å². The number of pyridine rings is 1. The summed E-state index contributed by atoms with van der Waals surface area (Å²) in [6.45, 7) is 6.46. The fourth-order valence-electron chi connectivity index (χ4n) is 2.16. The highest BCUT2D eigenvalue weighted by molar-refractivity contribution is 5.45. The average Bonchev–Trinajstić information content (AvgIpc) is 2.65. The summed E-state index contributed by atoms with van der Waals surface area (Å²) in [6.07, 6.45) is 4.13. The van der Waals surface area contributed by atoms with Gasteiger partial charge in [0, 0.05) is 24.8 Å². The van der Waals surface area contributed by atoms with Crippen molar-refractivity contribution in [1.82, 2.24) is 4.98 Å². The standard InChI is InChI=1S/C13H21N3/c1-10(2)7-12-3-4-13(8-15-12)16-6-5-11(14)9-16/h3-4,8,10-11H,5-7,9,14H2,1-2H3. The normalized spacial score (nSPS) is 20.8. The molecule has 2 rings (SSSR count). The van der Waals surface area contributed by atoms with E-state index in [4.69, 9.17) is 5.73 Å². The van der Waals surface area contributed by atoms with Gasteiger partial charge >= 0.3 is 0 Å². The van der Waals surface area contributed by atoms with Gasteiger partial charge in [-0.3, -0.25) is 4.98 Å². The molecule has 1 aliphatic rings. The van der Waals surface area contributed by atoms with Crippen molar-refractivity contribution >= 4 is 5.69 Å². The van der Waals surface area contributed by atoms with Crippen LogP contribution in [-0.4, -0.2) is 24.1 Å². The van der Waals surface area contributed by atoms with Crippen molar-refractivity contribution in [2.75, 3.05) is 18.0 Å². The lowest BCUT2D eigenvalue weighted by Gasteiger charge is -2.17. The van der Waals surface area contributed by atoms with Gasteiger partial charge in [0.2, 0.25) is 0 Å². The van der Waals surface area contributed by atoms with Gasteiger partial charge in [-0.15, -0.1) is 0 Å². The molecule has 0 spiro atoms. The highest BCUT2D eigenvalue weighted by atomic mass is 15.2. The fraction of sp³-hybridized carbons (Fsp3) is 0.615. The van der Waals surface area contributed by atoms with Gasteiger partial charge in [-0.05, 0) is 30.9 Å². The van der Waals surface area contributed by atoms with Gasteiger partial charge in [-0.2, -0.15) is 0 Å². The zero-order valence-electron chi connectivity index (χ0n) is 10.2. The van der Waals surface area contributed by atoms with E-state index in [1.165, 1.54) is 11.4 Å². The lowest BCUT2D eigenvalue weighted by molar-refractivity contribution is 0.635. The molecule has 1 atom stereocenters. The Kier molecular flexibility index (Phi) is 3.44. The molecule has 1 aromatic rings. The molecule has 3 nitrogen and oxygen atoms in total. The Bertz CT molecular complexity index is 332. The molecular formula is C13H21N3. The first-order valence-corrected chi connectivity index (χ1v) is 6.10. The molecule has 1 fully saturated rings. The van der Waals surface area contributed by atoms with Crippen molar-refractivity contribution < 1.29 is 0 Å². The Morgan fingerprint density at radius 2 is 2.31 bits per heavy atom. The van der Waals surface area contributed by atoms with Gasteiger partial charge in [0.15, 0.2) is 0 Å². The minimum atomic E-state index is 0.329. The second-order valence-electron chi connectivity index (χ2n) is 5.10. The van der Waals surface area contributed by atoms with Crippen LogP contribution < -0.4 is 10.6 Å². The minimum absolute atomic E-state index is 0.329. The van der Waals surface area contributed by atoms with Crippen LogP contribution in [0.25, 0.3) is 0 Å². The topological polar surface area (TPSA) is 42.1 Å². The third kappa shape index (κ3) is 2.73. The van der Waals surface area contributed by atoms with Crippen LogP contribution in [0.5, 0.6) is 0 Å². The maximum Gasteiger partial charge on any atom is 0.0553 e. The largest absolute Gasteiger partial charge is 0.369 e. The molecule has 3 heteroatoms. The van der Waals surface area contributed by atoms with Gasteiger partial charge in [-0.1, -0.05) is 13.8 Å². The maximum atomic E-state index is 5.90. The zero-order chi connectivity index (χ0) is 11.5. The molecule has 0 amide bonds. The molecular weight excluding hydrogens is 198 g/mol. The molecule has 1 aromatic heterocycles. The van der Waals surface area contributed by atoms with E-state index in [0.29, 0.717) is 12.0 Å². The molecule has 0 radical (unpaired) electrons. The summed E-state index contributed by atoms with van der Waals surface area (Å²) in [5.41, 5.74) is 8.29. The first kappa shape index (κ1) is 11.4. The Hall–Kier alpha value is -1.09. The third-order valence-electron chi connectivity index (χ3n) is 3.02. The van der Waals surface area contributed by atoms with Crippen LogP contribution in [0.2, 0.25) is 0 Å². The van der Waals surface area contributed by atoms with E-state index in [1.54, 1.807) is 0 Å². The lowest BCUT2D eigenvalue weighted by Crippen LogP contribution is -2.26. The van der Waals surface area contributed by atoms with Crippen LogP contribution in [-0.2, 0) is 6.42 Å². The van der Waals surface area contributed by atoms with E-state index in [2.05, 4.69) is 35.9 Å². The summed E-state index contributed by atoms with van der Waals surface area (Å²) in [7, 11) is 0. The second-order valence-corrected chi connectivity index (χ2v) is 5.10. The molecule has 2 heterocycles. The number of hydrogen-bond donors (Lipinski definition) is 1. The van der Waals surface area contributed by atoms with Crippen molar-refractivity contribution in [3.63, 3.8) is 0 Å². The van der Waals surface area contributed by atoms with Crippen molar-refractivity contribution in [2.24, 2.45) is 11.7 Å². The lowest BCUT2D eigenvalue weighted by atomic mass is 10.1. The summed E-state index contributed by atoms with van der Waals surface area (Å²) in [5.74, 6) is 0.665. The fourth-order valence-corrected chi connectivity index (χ4v) is 2.16. The molecule has 2 N–H and O–H groups in total. The summed E-state index contributed by atoms with van der Waals surface area (Å²) >= 11 is 0. The molecule has 1 unspecified atom stereocenters. The van der Waals surface area contributed by atoms with Crippen molar-refractivity contribution in [3.05, 3.63) is 24.0 Å². The monoisotopic (exact) mass is 219 g/mol. The first-order valence-electron chi connectivity index (χ1n) is 6.10. The predicted molar refractivity (Wildman–Crippen MR) is 67.6 cm³/mol. The number of rotatable bonds is 3. The summed E-state index contributed by atoms with van der Waals surface area (Å²) < 4.78 is 0. The van der Waals surface area contributed by atoms with Crippen LogP contribution >= 0.6 is 0 Å². The molecule has 0 saturated carbocycles. The maximum absolute atomic E-state index is 5.90. The zero-order valence-corrected chi connectivity index (χ0v) is 10.2. The summed E-state index contributed by atoms with van der Waals surface area (Å²) in [6, 6.07) is 4.64. The molecule has 16 heavy (non-hydrogen) atoms. The quantitative estimate of drug-likeness (QED) is 0.843. The highest BCUT2D eigenvalue weighted by Crippen LogP contribution is 2.19. The smallest absolute Gasteiger partial charge is 0.0553 e. The molecule has 1 saturated heterocycles. The molecule has 0 aromatic carbocycles. The van der Waals surface area contributed by atoms with Crippen LogP contribution in [0.15, 0.2) is 18.3 Å². The minimum Gasteiger partial charge on any atom is -0.369 e. The van der Waals surface area contributed by atoms with Crippen molar-refractivity contribution in [3.8, 4) is 0 Å². The van der Waals surface area contributed by atoms with E-state index in [0.717, 1.165) is 25.9 Å². The van der Waals surface area contributed by atoms with Gasteiger partial charge in [0.05, 0.1) is 11.9 Å². The molecule has 0 bridgehead atoms. The number of anilines is 1. The Morgan fingerprint density at radius 3 is 2.81 bits per heavy atom. The van der Waals surface area contributed by atoms with Crippen LogP contribution in [0.1, 0.15) is 26.0 Å². The van der Waals surface area contributed by atoms with Crippen LogP contribution in [0.4, 0.5) is 5.69 Å². The number of nitrogens with zero attached hydrogens (tertiary/aromatic N) is 2. The highest BCUT2D eigenvalue weighted by Gasteiger charge is 2.19.